The first-order valence-corrected chi connectivity index (χ1v) is 9.30. The molecule has 2 aliphatic rings. The highest BCUT2D eigenvalue weighted by Gasteiger charge is 2.25. The van der Waals surface area contributed by atoms with Crippen LogP contribution in [0.3, 0.4) is 0 Å². The summed E-state index contributed by atoms with van der Waals surface area (Å²) in [4.78, 5) is 6.85. The number of guanidine groups is 1. The van der Waals surface area contributed by atoms with Crippen LogP contribution in [-0.4, -0.2) is 64.0 Å². The molecule has 1 N–H and O–H groups in total. The maximum Gasteiger partial charge on any atom is 0.193 e. The van der Waals surface area contributed by atoms with Crippen molar-refractivity contribution >= 4 is 29.9 Å². The van der Waals surface area contributed by atoms with E-state index in [-0.39, 0.29) is 24.0 Å². The molecule has 0 radical (unpaired) electrons. The number of rotatable bonds is 8. The average Bonchev–Trinajstić information content (AvgIpc) is 3.18. The largest absolute Gasteiger partial charge is 0.381 e. The Morgan fingerprint density at radius 1 is 1.33 bits per heavy atom. The van der Waals surface area contributed by atoms with Gasteiger partial charge in [0.2, 0.25) is 0 Å². The van der Waals surface area contributed by atoms with Gasteiger partial charge in [0.05, 0.1) is 13.2 Å². The number of ether oxygens (including phenoxy) is 2. The molecule has 5 nitrogen and oxygen atoms in total. The molecule has 2 unspecified atom stereocenters. The van der Waals surface area contributed by atoms with Gasteiger partial charge in [0.1, 0.15) is 0 Å². The number of hydrogen-bond donors (Lipinski definition) is 1. The van der Waals surface area contributed by atoms with Crippen LogP contribution >= 0.6 is 24.0 Å². The van der Waals surface area contributed by atoms with E-state index in [2.05, 4.69) is 29.1 Å². The van der Waals surface area contributed by atoms with Crippen molar-refractivity contribution < 1.29 is 9.47 Å². The lowest BCUT2D eigenvalue weighted by molar-refractivity contribution is 0.0887. The van der Waals surface area contributed by atoms with Crippen molar-refractivity contribution in [2.24, 2.45) is 22.7 Å². The summed E-state index contributed by atoms with van der Waals surface area (Å²) in [6.45, 7) is 11.3. The van der Waals surface area contributed by atoms with Crippen LogP contribution in [0.15, 0.2) is 4.99 Å². The van der Waals surface area contributed by atoms with Crippen molar-refractivity contribution in [1.29, 1.82) is 0 Å². The van der Waals surface area contributed by atoms with Gasteiger partial charge in [0.15, 0.2) is 5.96 Å². The molecule has 0 aliphatic carbocycles. The second kappa shape index (κ2) is 12.3. The lowest BCUT2D eigenvalue weighted by Crippen LogP contribution is -2.40. The van der Waals surface area contributed by atoms with Crippen molar-refractivity contribution in [3.8, 4) is 0 Å². The van der Waals surface area contributed by atoms with Crippen molar-refractivity contribution in [3.63, 3.8) is 0 Å². The molecule has 0 amide bonds. The van der Waals surface area contributed by atoms with Gasteiger partial charge < -0.3 is 19.7 Å². The first-order valence-electron chi connectivity index (χ1n) is 9.30. The molecule has 2 rings (SSSR count). The van der Waals surface area contributed by atoms with Crippen molar-refractivity contribution in [2.75, 3.05) is 53.1 Å². The number of likely N-dealkylation sites (tertiary alicyclic amines) is 1. The maximum absolute atomic E-state index is 5.75. The number of halogens is 1. The Bertz CT molecular complexity index is 360. The molecular formula is C18H36IN3O2. The Labute approximate surface area is 165 Å². The van der Waals surface area contributed by atoms with Gasteiger partial charge in [-0.15, -0.1) is 24.0 Å². The van der Waals surface area contributed by atoms with Gasteiger partial charge in [-0.1, -0.05) is 13.8 Å². The Kier molecular flexibility index (Phi) is 11.3. The lowest BCUT2D eigenvalue weighted by atomic mass is 9.97. The first-order chi connectivity index (χ1) is 11.2. The smallest absolute Gasteiger partial charge is 0.193 e. The summed E-state index contributed by atoms with van der Waals surface area (Å²) in [6.07, 6.45) is 4.80. The SMILES string of the molecule is CN=C(NCCCOCC1CCOC1)N1CCC(CC(C)C)C1.I. The molecule has 142 valence electrons. The molecule has 6 heteroatoms. The van der Waals surface area contributed by atoms with E-state index < -0.39 is 0 Å². The number of nitrogens with one attached hydrogen (secondary N) is 1. The molecule has 0 aromatic heterocycles. The van der Waals surface area contributed by atoms with Gasteiger partial charge in [-0.05, 0) is 37.5 Å². The van der Waals surface area contributed by atoms with Crippen LogP contribution < -0.4 is 5.32 Å². The second-order valence-electron chi connectivity index (χ2n) is 7.36. The third-order valence-corrected chi connectivity index (χ3v) is 4.73. The van der Waals surface area contributed by atoms with E-state index in [4.69, 9.17) is 9.47 Å². The zero-order chi connectivity index (χ0) is 16.5. The fourth-order valence-electron chi connectivity index (χ4n) is 3.56. The number of hydrogen-bond acceptors (Lipinski definition) is 3. The molecule has 2 atom stereocenters. The Morgan fingerprint density at radius 2 is 2.17 bits per heavy atom. The highest BCUT2D eigenvalue weighted by molar-refractivity contribution is 14.0. The van der Waals surface area contributed by atoms with E-state index in [0.717, 1.165) is 76.7 Å². The van der Waals surface area contributed by atoms with Gasteiger partial charge in [-0.2, -0.15) is 0 Å². The van der Waals surface area contributed by atoms with Crippen molar-refractivity contribution in [1.82, 2.24) is 10.2 Å². The van der Waals surface area contributed by atoms with Gasteiger partial charge in [-0.3, -0.25) is 4.99 Å². The summed E-state index contributed by atoms with van der Waals surface area (Å²) in [7, 11) is 1.88. The molecule has 2 saturated heterocycles. The molecule has 2 fully saturated rings. The molecule has 0 saturated carbocycles. The van der Waals surface area contributed by atoms with Crippen LogP contribution in [0.2, 0.25) is 0 Å². The van der Waals surface area contributed by atoms with E-state index in [0.29, 0.717) is 5.92 Å². The van der Waals surface area contributed by atoms with Crippen molar-refractivity contribution in [2.45, 2.75) is 39.5 Å². The standard InChI is InChI=1S/C18H35N3O2.HI/c1-15(2)11-16-5-8-21(12-16)18(19-3)20-7-4-9-22-13-17-6-10-23-14-17;/h15-17H,4-14H2,1-3H3,(H,19,20);1H. The fraction of sp³-hybridized carbons (Fsp3) is 0.944. The van der Waals surface area contributed by atoms with Crippen LogP contribution in [0.4, 0.5) is 0 Å². The minimum atomic E-state index is 0. The zero-order valence-corrected chi connectivity index (χ0v) is 18.0. The van der Waals surface area contributed by atoms with Crippen LogP contribution in [0, 0.1) is 17.8 Å². The van der Waals surface area contributed by atoms with E-state index in [1.807, 2.05) is 7.05 Å². The summed E-state index contributed by atoms with van der Waals surface area (Å²) in [5.74, 6) is 3.28. The third-order valence-electron chi connectivity index (χ3n) is 4.73. The van der Waals surface area contributed by atoms with Gasteiger partial charge in [-0.25, -0.2) is 0 Å². The highest BCUT2D eigenvalue weighted by atomic mass is 127. The highest BCUT2D eigenvalue weighted by Crippen LogP contribution is 2.23. The Morgan fingerprint density at radius 3 is 2.83 bits per heavy atom. The summed E-state index contributed by atoms with van der Waals surface area (Å²) in [5.41, 5.74) is 0. The maximum atomic E-state index is 5.75. The minimum absolute atomic E-state index is 0. The van der Waals surface area contributed by atoms with E-state index in [9.17, 15) is 0 Å². The summed E-state index contributed by atoms with van der Waals surface area (Å²) in [6, 6.07) is 0. The summed E-state index contributed by atoms with van der Waals surface area (Å²) < 4.78 is 11.1. The molecule has 0 bridgehead atoms. The van der Waals surface area contributed by atoms with E-state index in [1.165, 1.54) is 12.8 Å². The number of nitrogens with zero attached hydrogens (tertiary/aromatic N) is 2. The molecular weight excluding hydrogens is 417 g/mol. The van der Waals surface area contributed by atoms with E-state index >= 15 is 0 Å². The predicted octanol–water partition coefficient (Wildman–Crippen LogP) is 2.99. The topological polar surface area (TPSA) is 46.1 Å². The van der Waals surface area contributed by atoms with Gasteiger partial charge >= 0.3 is 0 Å². The summed E-state index contributed by atoms with van der Waals surface area (Å²) in [5, 5.41) is 3.48. The van der Waals surface area contributed by atoms with Gasteiger partial charge in [0, 0.05) is 45.8 Å². The normalized spacial score (nSPS) is 24.5. The fourth-order valence-corrected chi connectivity index (χ4v) is 3.56. The molecule has 2 aliphatic heterocycles. The molecule has 0 aromatic carbocycles. The van der Waals surface area contributed by atoms with Crippen molar-refractivity contribution in [3.05, 3.63) is 0 Å². The molecule has 0 spiro atoms. The van der Waals surface area contributed by atoms with Gasteiger partial charge in [0.25, 0.3) is 0 Å². The quantitative estimate of drug-likeness (QED) is 0.266. The molecule has 0 aromatic rings. The molecule has 2 heterocycles. The van der Waals surface area contributed by atoms with E-state index in [1.54, 1.807) is 0 Å². The Balaban J connectivity index is 0.00000288. The number of aliphatic imine (C=N–C) groups is 1. The van der Waals surface area contributed by atoms with Crippen LogP contribution in [0.5, 0.6) is 0 Å². The van der Waals surface area contributed by atoms with Crippen LogP contribution in [0.1, 0.15) is 39.5 Å². The van der Waals surface area contributed by atoms with Crippen LogP contribution in [-0.2, 0) is 9.47 Å². The lowest BCUT2D eigenvalue weighted by Gasteiger charge is -2.22. The Hall–Kier alpha value is -0.0800. The first kappa shape index (κ1) is 22.0. The van der Waals surface area contributed by atoms with Crippen LogP contribution in [0.25, 0.3) is 0 Å². The monoisotopic (exact) mass is 453 g/mol. The zero-order valence-electron chi connectivity index (χ0n) is 15.6. The molecule has 24 heavy (non-hydrogen) atoms. The predicted molar refractivity (Wildman–Crippen MR) is 110 cm³/mol. The second-order valence-corrected chi connectivity index (χ2v) is 7.36. The third kappa shape index (κ3) is 7.87. The summed E-state index contributed by atoms with van der Waals surface area (Å²) >= 11 is 0. The minimum Gasteiger partial charge on any atom is -0.381 e. The average molecular weight is 453 g/mol.